The molecule has 5 rings (SSSR count). The smallest absolute Gasteiger partial charge is 0.283 e. The third-order valence-electron chi connectivity index (χ3n) is 6.55. The van der Waals surface area contributed by atoms with Gasteiger partial charge < -0.3 is 14.2 Å². The third-order valence-corrected chi connectivity index (χ3v) is 7.45. The fraction of sp³-hybridized carbons (Fsp3) is 0.346. The lowest BCUT2D eigenvalue weighted by Gasteiger charge is -2.26. The minimum Gasteiger partial charge on any atom is -0.378 e. The van der Waals surface area contributed by atoms with Crippen LogP contribution in [0.15, 0.2) is 46.0 Å². The van der Waals surface area contributed by atoms with Gasteiger partial charge in [0.1, 0.15) is 5.04 Å². The van der Waals surface area contributed by atoms with E-state index in [9.17, 15) is 9.59 Å². The summed E-state index contributed by atoms with van der Waals surface area (Å²) in [5.74, 6) is -0.558. The van der Waals surface area contributed by atoms with Gasteiger partial charge in [-0.1, -0.05) is 25.1 Å². The second-order valence-electron chi connectivity index (χ2n) is 8.83. The average Bonchev–Trinajstić information content (AvgIpc) is 3.41. The summed E-state index contributed by atoms with van der Waals surface area (Å²) in [6, 6.07) is 10.3. The predicted molar refractivity (Wildman–Crippen MR) is 142 cm³/mol. The number of fused-ring (bicyclic) bond motifs is 1. The Labute approximate surface area is 214 Å². The first-order valence-electron chi connectivity index (χ1n) is 12.0. The van der Waals surface area contributed by atoms with E-state index in [0.717, 1.165) is 29.1 Å². The van der Waals surface area contributed by atoms with Crippen molar-refractivity contribution < 1.29 is 14.3 Å². The molecule has 0 bridgehead atoms. The molecule has 2 aromatic rings. The van der Waals surface area contributed by atoms with E-state index < -0.39 is 5.91 Å². The summed E-state index contributed by atoms with van der Waals surface area (Å²) in [5, 5.41) is 15.3. The summed E-state index contributed by atoms with van der Waals surface area (Å²) in [7, 11) is 0. The Balaban J connectivity index is 1.41. The molecule has 1 aromatic heterocycles. The van der Waals surface area contributed by atoms with Gasteiger partial charge in [-0.3, -0.25) is 15.0 Å². The number of rotatable bonds is 5. The van der Waals surface area contributed by atoms with Gasteiger partial charge in [0.2, 0.25) is 11.1 Å². The number of aromatic nitrogens is 1. The highest BCUT2D eigenvalue weighted by molar-refractivity contribution is 8.27. The fourth-order valence-electron chi connectivity index (χ4n) is 4.64. The van der Waals surface area contributed by atoms with Crippen LogP contribution in [0.25, 0.3) is 11.8 Å². The van der Waals surface area contributed by atoms with Gasteiger partial charge in [-0.05, 0) is 61.4 Å². The Morgan fingerprint density at radius 3 is 2.72 bits per heavy atom. The summed E-state index contributed by atoms with van der Waals surface area (Å²) in [6.45, 7) is 8.35. The molecule has 1 saturated heterocycles. The summed E-state index contributed by atoms with van der Waals surface area (Å²) in [5.41, 5.74) is 5.39. The fourth-order valence-corrected chi connectivity index (χ4v) is 5.52. The van der Waals surface area contributed by atoms with Gasteiger partial charge in [-0.2, -0.15) is 15.1 Å². The minimum absolute atomic E-state index is 0.0370. The van der Waals surface area contributed by atoms with Gasteiger partial charge >= 0.3 is 0 Å². The van der Waals surface area contributed by atoms with E-state index in [2.05, 4.69) is 33.7 Å². The Hall–Kier alpha value is -3.50. The summed E-state index contributed by atoms with van der Waals surface area (Å²) in [6.07, 6.45) is 2.74. The van der Waals surface area contributed by atoms with E-state index in [0.29, 0.717) is 36.5 Å². The molecule has 0 radical (unpaired) electrons. The number of ether oxygens (including phenoxy) is 1. The molecule has 0 aliphatic carbocycles. The number of aryl methyl sites for hydroxylation is 2. The number of hydrogen-bond acceptors (Lipinski definition) is 6. The minimum atomic E-state index is -0.478. The zero-order valence-electron chi connectivity index (χ0n) is 20.6. The van der Waals surface area contributed by atoms with Gasteiger partial charge in [0, 0.05) is 30.2 Å². The van der Waals surface area contributed by atoms with Crippen LogP contribution in [0, 0.1) is 19.3 Å². The molecule has 2 amide bonds. The maximum Gasteiger partial charge on any atom is 0.283 e. The highest BCUT2D eigenvalue weighted by Crippen LogP contribution is 2.31. The Morgan fingerprint density at radius 2 is 1.97 bits per heavy atom. The highest BCUT2D eigenvalue weighted by atomic mass is 32.2. The van der Waals surface area contributed by atoms with Crippen LogP contribution in [0.4, 0.5) is 0 Å². The van der Waals surface area contributed by atoms with Crippen molar-refractivity contribution in [2.75, 3.05) is 26.3 Å². The van der Waals surface area contributed by atoms with E-state index in [1.807, 2.05) is 32.0 Å². The molecule has 1 fully saturated rings. The SMILES string of the molecule is CCc1ccccc1-n1c(C)cc(C=C2C(=N)N3N=C(CC(=O)N4CCOCC4)SC3=NC2=O)c1C. The van der Waals surface area contributed by atoms with Crippen LogP contribution < -0.4 is 0 Å². The molecule has 36 heavy (non-hydrogen) atoms. The number of amidine groups is 2. The molecule has 1 aromatic carbocycles. The zero-order valence-corrected chi connectivity index (χ0v) is 21.4. The normalized spacial score (nSPS) is 19.0. The maximum absolute atomic E-state index is 12.9. The molecule has 0 spiro atoms. The van der Waals surface area contributed by atoms with Crippen molar-refractivity contribution >= 4 is 45.7 Å². The van der Waals surface area contributed by atoms with Gasteiger partial charge in [-0.25, -0.2) is 0 Å². The lowest BCUT2D eigenvalue weighted by Crippen LogP contribution is -2.41. The second kappa shape index (κ2) is 9.87. The number of nitrogens with zero attached hydrogens (tertiary/aromatic N) is 5. The quantitative estimate of drug-likeness (QED) is 0.628. The van der Waals surface area contributed by atoms with Crippen LogP contribution in [0.3, 0.4) is 0 Å². The Bertz CT molecular complexity index is 1350. The Kier molecular flexibility index (Phi) is 6.63. The molecular formula is C26H28N6O3S. The number of hydrogen-bond donors (Lipinski definition) is 1. The lowest BCUT2D eigenvalue weighted by atomic mass is 10.1. The molecule has 10 heteroatoms. The molecule has 3 aliphatic rings. The van der Waals surface area contributed by atoms with Gasteiger partial charge in [-0.15, -0.1) is 0 Å². The lowest BCUT2D eigenvalue weighted by molar-refractivity contribution is -0.133. The van der Waals surface area contributed by atoms with Crippen LogP contribution in [0.5, 0.6) is 0 Å². The predicted octanol–water partition coefficient (Wildman–Crippen LogP) is 3.52. The first kappa shape index (κ1) is 24.2. The molecule has 186 valence electrons. The van der Waals surface area contributed by atoms with E-state index in [-0.39, 0.29) is 23.7 Å². The molecule has 1 N–H and O–H groups in total. The van der Waals surface area contributed by atoms with Crippen molar-refractivity contribution in [3.05, 3.63) is 58.4 Å². The van der Waals surface area contributed by atoms with Gasteiger partial charge in [0.25, 0.3) is 5.91 Å². The maximum atomic E-state index is 12.9. The number of aliphatic imine (C=N–C) groups is 1. The summed E-state index contributed by atoms with van der Waals surface area (Å²) in [4.78, 5) is 31.5. The number of hydrazone groups is 1. The van der Waals surface area contributed by atoms with Crippen LogP contribution >= 0.6 is 11.8 Å². The second-order valence-corrected chi connectivity index (χ2v) is 9.87. The zero-order chi connectivity index (χ0) is 25.4. The molecule has 0 unspecified atom stereocenters. The summed E-state index contributed by atoms with van der Waals surface area (Å²) < 4.78 is 7.48. The van der Waals surface area contributed by atoms with E-state index >= 15 is 0 Å². The van der Waals surface area contributed by atoms with Crippen molar-refractivity contribution in [3.63, 3.8) is 0 Å². The Morgan fingerprint density at radius 1 is 1.22 bits per heavy atom. The number of carbonyl (C=O) groups excluding carboxylic acids is 2. The van der Waals surface area contributed by atoms with E-state index in [1.54, 1.807) is 11.0 Å². The average molecular weight is 505 g/mol. The standard InChI is InChI=1S/C26H28N6O3S/c1-4-18-7-5-6-8-21(18)31-16(2)13-19(17(31)3)14-20-24(27)32-26(28-25(20)34)36-22(29-32)15-23(33)30-9-11-35-12-10-30/h5-8,13-14,27H,4,9-12,15H2,1-3H3. The first-order valence-corrected chi connectivity index (χ1v) is 12.8. The number of thioether (sulfide) groups is 1. The molecule has 4 heterocycles. The van der Waals surface area contributed by atoms with Crippen molar-refractivity contribution in [2.24, 2.45) is 10.1 Å². The van der Waals surface area contributed by atoms with Crippen LogP contribution in [-0.2, 0) is 20.7 Å². The van der Waals surface area contributed by atoms with Crippen LogP contribution in [0.2, 0.25) is 0 Å². The van der Waals surface area contributed by atoms with Crippen molar-refractivity contribution in [3.8, 4) is 5.69 Å². The molecule has 0 saturated carbocycles. The van der Waals surface area contributed by atoms with E-state index in [1.165, 1.54) is 22.3 Å². The number of para-hydroxylation sites is 1. The van der Waals surface area contributed by atoms with Crippen molar-refractivity contribution in [2.45, 2.75) is 33.6 Å². The first-order chi connectivity index (χ1) is 17.4. The highest BCUT2D eigenvalue weighted by Gasteiger charge is 2.36. The topological polar surface area (TPSA) is 103 Å². The number of amides is 2. The number of carbonyl (C=O) groups is 2. The molecule has 3 aliphatic heterocycles. The monoisotopic (exact) mass is 504 g/mol. The molecule has 9 nitrogen and oxygen atoms in total. The molecular weight excluding hydrogens is 476 g/mol. The number of benzene rings is 1. The van der Waals surface area contributed by atoms with Crippen molar-refractivity contribution in [1.29, 1.82) is 5.41 Å². The van der Waals surface area contributed by atoms with Crippen molar-refractivity contribution in [1.82, 2.24) is 14.5 Å². The largest absolute Gasteiger partial charge is 0.378 e. The number of nitrogens with one attached hydrogen (secondary N) is 1. The van der Waals surface area contributed by atoms with Gasteiger partial charge in [0.05, 0.1) is 25.2 Å². The van der Waals surface area contributed by atoms with Crippen LogP contribution in [0.1, 0.15) is 35.9 Å². The number of morpholine rings is 1. The summed E-state index contributed by atoms with van der Waals surface area (Å²) >= 11 is 1.17. The molecule has 0 atom stereocenters. The van der Waals surface area contributed by atoms with Gasteiger partial charge in [0.15, 0.2) is 5.84 Å². The third kappa shape index (κ3) is 4.42. The van der Waals surface area contributed by atoms with Crippen LogP contribution in [-0.4, -0.2) is 68.6 Å². The van der Waals surface area contributed by atoms with E-state index in [4.69, 9.17) is 10.1 Å².